The molecule has 1 N–H and O–H groups in total. The van der Waals surface area contributed by atoms with E-state index in [0.717, 1.165) is 0 Å². The summed E-state index contributed by atoms with van der Waals surface area (Å²) in [5.74, 6) is 0. The van der Waals surface area contributed by atoms with E-state index in [1.807, 2.05) is 0 Å². The fourth-order valence-corrected chi connectivity index (χ4v) is 4.17. The Hall–Kier alpha value is 0.860. The summed E-state index contributed by atoms with van der Waals surface area (Å²) in [4.78, 5) is 0.907. The molecule has 1 rings (SSSR count). The Labute approximate surface area is 84.5 Å². The van der Waals surface area contributed by atoms with Crippen molar-refractivity contribution in [3.8, 4) is 0 Å². The molecule has 0 spiro atoms. The fraction of sp³-hybridized carbons (Fsp3) is 0. The fourth-order valence-electron chi connectivity index (χ4n) is 0.429. The van der Waals surface area contributed by atoms with Crippen LogP contribution in [-0.4, -0.2) is 14.0 Å². The Morgan fingerprint density at radius 2 is 1.60 bits per heavy atom. The summed E-state index contributed by atoms with van der Waals surface area (Å²) in [6.07, 6.45) is 0. The Bertz CT molecular complexity index is 321. The second-order valence-electron chi connectivity index (χ2n) is 1.55. The van der Waals surface area contributed by atoms with Crippen LogP contribution in [0.1, 0.15) is 0 Å². The number of nitrogens with one attached hydrogen (secondary N) is 1. The first-order valence-electron chi connectivity index (χ1n) is 2.10. The normalized spacial score (nSPS) is 23.0. The molecular formula is C3HNS6. The van der Waals surface area contributed by atoms with E-state index in [9.17, 15) is 0 Å². The lowest BCUT2D eigenvalue weighted by molar-refractivity contribution is 1.65. The molecule has 1 aliphatic heterocycles. The first-order chi connectivity index (χ1) is 4.45. The van der Waals surface area contributed by atoms with E-state index in [1.165, 1.54) is 0 Å². The standard InChI is InChI=1S/C3HNS6/c5-1-2(6)4-10(8,9)3(1)7/h(H,4,6). The van der Waals surface area contributed by atoms with E-state index >= 15 is 0 Å². The summed E-state index contributed by atoms with van der Waals surface area (Å²) in [5, 5.41) is 0. The molecular weight excluding hydrogens is 242 g/mol. The first-order valence-corrected chi connectivity index (χ1v) is 6.81. The minimum Gasteiger partial charge on any atom is -0.310 e. The molecule has 1 fully saturated rings. The average molecular weight is 243 g/mol. The van der Waals surface area contributed by atoms with Crippen LogP contribution >= 0.6 is 36.7 Å². The predicted octanol–water partition coefficient (Wildman–Crippen LogP) is 0.607. The van der Waals surface area contributed by atoms with Gasteiger partial charge in [0, 0.05) is 7.33 Å². The third kappa shape index (κ3) is 1.39. The number of hydrogen-bond acceptors (Lipinski definition) is 5. The molecule has 1 saturated heterocycles. The van der Waals surface area contributed by atoms with Crippen LogP contribution in [0.5, 0.6) is 0 Å². The van der Waals surface area contributed by atoms with Crippen LogP contribution in [-0.2, 0) is 29.7 Å². The minimum atomic E-state index is -1.86. The van der Waals surface area contributed by atoms with Gasteiger partial charge in [0.1, 0.15) is 9.19 Å². The summed E-state index contributed by atoms with van der Waals surface area (Å²) < 4.78 is 3.22. The van der Waals surface area contributed by atoms with Crippen molar-refractivity contribution in [3.63, 3.8) is 0 Å². The van der Waals surface area contributed by atoms with Crippen molar-refractivity contribution in [3.05, 3.63) is 0 Å². The lowest BCUT2D eigenvalue weighted by Crippen LogP contribution is -2.18. The maximum absolute atomic E-state index is 4.96. The van der Waals surface area contributed by atoms with Crippen LogP contribution in [0.25, 0.3) is 0 Å². The molecule has 0 aromatic carbocycles. The van der Waals surface area contributed by atoms with Crippen molar-refractivity contribution in [1.29, 1.82) is 0 Å². The molecule has 0 atom stereocenters. The highest BCUT2D eigenvalue weighted by Crippen LogP contribution is 2.06. The number of thiocarbonyl (C=S) groups is 3. The summed E-state index contributed by atoms with van der Waals surface area (Å²) in [6, 6.07) is 0. The lowest BCUT2D eigenvalue weighted by Gasteiger charge is -1.96. The summed E-state index contributed by atoms with van der Waals surface area (Å²) >= 11 is 24.5. The van der Waals surface area contributed by atoms with Gasteiger partial charge in [-0.3, -0.25) is 0 Å². The molecule has 54 valence electrons. The van der Waals surface area contributed by atoms with Crippen LogP contribution in [0.4, 0.5) is 0 Å². The average Bonchev–Trinajstić information content (AvgIpc) is 1.95. The monoisotopic (exact) mass is 243 g/mol. The Morgan fingerprint density at radius 1 is 1.10 bits per heavy atom. The summed E-state index contributed by atoms with van der Waals surface area (Å²) in [5.41, 5.74) is 0. The summed E-state index contributed by atoms with van der Waals surface area (Å²) in [7, 11) is -1.86. The van der Waals surface area contributed by atoms with Gasteiger partial charge in [-0.05, 0) is 22.4 Å². The zero-order valence-corrected chi connectivity index (χ0v) is 9.35. The van der Waals surface area contributed by atoms with Gasteiger partial charge in [-0.25, -0.2) is 0 Å². The van der Waals surface area contributed by atoms with Crippen LogP contribution in [0.2, 0.25) is 0 Å². The molecule has 1 aliphatic rings. The van der Waals surface area contributed by atoms with E-state index in [0.29, 0.717) is 14.0 Å². The van der Waals surface area contributed by atoms with E-state index in [2.05, 4.69) is 4.72 Å². The van der Waals surface area contributed by atoms with Gasteiger partial charge in [0.2, 0.25) is 0 Å². The first kappa shape index (κ1) is 8.95. The van der Waals surface area contributed by atoms with Gasteiger partial charge in [-0.15, -0.1) is 0 Å². The van der Waals surface area contributed by atoms with Gasteiger partial charge in [-0.1, -0.05) is 36.7 Å². The zero-order valence-electron chi connectivity index (χ0n) is 4.45. The maximum atomic E-state index is 4.96. The molecule has 0 unspecified atom stereocenters. The van der Waals surface area contributed by atoms with Gasteiger partial charge in [-0.2, -0.15) is 0 Å². The summed E-state index contributed by atoms with van der Waals surface area (Å²) in [6.45, 7) is 0. The topological polar surface area (TPSA) is 12.0 Å². The molecule has 1 nitrogen and oxygen atoms in total. The molecule has 0 amide bonds. The van der Waals surface area contributed by atoms with E-state index < -0.39 is 7.33 Å². The van der Waals surface area contributed by atoms with E-state index in [-0.39, 0.29) is 0 Å². The van der Waals surface area contributed by atoms with Gasteiger partial charge in [0.05, 0.1) is 4.86 Å². The van der Waals surface area contributed by atoms with Crippen LogP contribution in [0.3, 0.4) is 0 Å². The van der Waals surface area contributed by atoms with Crippen molar-refractivity contribution >= 4 is 80.4 Å². The van der Waals surface area contributed by atoms with Crippen molar-refractivity contribution in [2.24, 2.45) is 0 Å². The molecule has 0 aromatic heterocycles. The Kier molecular flexibility index (Phi) is 2.44. The maximum Gasteiger partial charge on any atom is 0.130 e. The molecule has 7 heteroatoms. The molecule has 0 aliphatic carbocycles. The Balaban J connectivity index is 3.30. The van der Waals surface area contributed by atoms with Crippen molar-refractivity contribution < 1.29 is 0 Å². The molecule has 10 heavy (non-hydrogen) atoms. The second kappa shape index (κ2) is 2.72. The zero-order chi connectivity index (χ0) is 7.94. The van der Waals surface area contributed by atoms with Crippen molar-refractivity contribution in [2.75, 3.05) is 0 Å². The highest BCUT2D eigenvalue weighted by molar-refractivity contribution is 8.67. The van der Waals surface area contributed by atoms with Gasteiger partial charge in [0.25, 0.3) is 0 Å². The predicted molar refractivity (Wildman–Crippen MR) is 63.0 cm³/mol. The largest absolute Gasteiger partial charge is 0.310 e. The lowest BCUT2D eigenvalue weighted by atomic mass is 10.5. The Morgan fingerprint density at radius 3 is 1.70 bits per heavy atom. The highest BCUT2D eigenvalue weighted by Gasteiger charge is 2.26. The minimum absolute atomic E-state index is 0.444. The third-order valence-corrected chi connectivity index (χ3v) is 6.35. The van der Waals surface area contributed by atoms with Gasteiger partial charge < -0.3 is 4.72 Å². The molecule has 0 radical (unpaired) electrons. The number of rotatable bonds is 0. The third-order valence-electron chi connectivity index (χ3n) is 0.863. The van der Waals surface area contributed by atoms with E-state index in [4.69, 9.17) is 59.0 Å². The smallest absolute Gasteiger partial charge is 0.130 e. The number of hydrogen-bond donors (Lipinski definition) is 1. The van der Waals surface area contributed by atoms with Crippen molar-refractivity contribution in [2.45, 2.75) is 0 Å². The van der Waals surface area contributed by atoms with Crippen molar-refractivity contribution in [1.82, 2.24) is 4.72 Å². The van der Waals surface area contributed by atoms with Gasteiger partial charge >= 0.3 is 0 Å². The van der Waals surface area contributed by atoms with Crippen LogP contribution in [0.15, 0.2) is 0 Å². The van der Waals surface area contributed by atoms with Crippen LogP contribution < -0.4 is 4.72 Å². The molecule has 0 bridgehead atoms. The highest BCUT2D eigenvalue weighted by atomic mass is 33.1. The van der Waals surface area contributed by atoms with Crippen LogP contribution in [0, 0.1) is 0 Å². The van der Waals surface area contributed by atoms with E-state index in [1.54, 1.807) is 0 Å². The SMILES string of the molecule is S=C1NS(=S)(=S)C(=S)C1=S. The van der Waals surface area contributed by atoms with Gasteiger partial charge in [0.15, 0.2) is 0 Å². The molecule has 1 heterocycles. The quantitative estimate of drug-likeness (QED) is 0.621. The molecule has 0 aromatic rings. The second-order valence-corrected chi connectivity index (χ2v) is 8.29. The molecule has 0 saturated carbocycles.